The van der Waals surface area contributed by atoms with Gasteiger partial charge in [-0.05, 0) is 31.0 Å². The number of hydrogen-bond acceptors (Lipinski definition) is 3. The molecule has 19 heavy (non-hydrogen) atoms. The molecule has 0 amide bonds. The fraction of sp³-hybridized carbons (Fsp3) is 0.333. The van der Waals surface area contributed by atoms with Crippen LogP contribution < -0.4 is 0 Å². The van der Waals surface area contributed by atoms with Crippen molar-refractivity contribution in [3.63, 3.8) is 0 Å². The van der Waals surface area contributed by atoms with E-state index in [0.717, 1.165) is 36.2 Å². The van der Waals surface area contributed by atoms with Gasteiger partial charge in [0.25, 0.3) is 0 Å². The van der Waals surface area contributed by atoms with Crippen LogP contribution >= 0.6 is 0 Å². The molecule has 0 radical (unpaired) electrons. The molecule has 0 saturated carbocycles. The maximum atomic E-state index is 10.3. The maximum Gasteiger partial charge on any atom is 0.120 e. The standard InChI is InChI=1S/C15H18N2O2/c1-19-12-15-11-13(7-5-6-10-18)16-17(15)14-8-3-2-4-9-14/h2-4,8-11H,5-7,12H2,1H3. The first-order valence-corrected chi connectivity index (χ1v) is 6.41. The molecule has 0 aliphatic heterocycles. The van der Waals surface area contributed by atoms with Gasteiger partial charge in [-0.2, -0.15) is 5.10 Å². The van der Waals surface area contributed by atoms with Crippen molar-refractivity contribution in [1.82, 2.24) is 9.78 Å². The molecule has 1 aromatic heterocycles. The average molecular weight is 258 g/mol. The Morgan fingerprint density at radius 2 is 2.11 bits per heavy atom. The summed E-state index contributed by atoms with van der Waals surface area (Å²) in [6, 6.07) is 12.0. The van der Waals surface area contributed by atoms with Crippen LogP contribution in [-0.4, -0.2) is 23.2 Å². The highest BCUT2D eigenvalue weighted by molar-refractivity contribution is 5.49. The van der Waals surface area contributed by atoms with Crippen LogP contribution in [0.25, 0.3) is 5.69 Å². The first-order valence-electron chi connectivity index (χ1n) is 6.41. The van der Waals surface area contributed by atoms with Crippen molar-refractivity contribution in [3.05, 3.63) is 47.8 Å². The second-order valence-electron chi connectivity index (χ2n) is 4.37. The van der Waals surface area contributed by atoms with Gasteiger partial charge in [-0.15, -0.1) is 0 Å². The quantitative estimate of drug-likeness (QED) is 0.566. The summed E-state index contributed by atoms with van der Waals surface area (Å²) in [5.41, 5.74) is 3.05. The van der Waals surface area contributed by atoms with Gasteiger partial charge in [0.2, 0.25) is 0 Å². The predicted molar refractivity (Wildman–Crippen MR) is 73.3 cm³/mol. The topological polar surface area (TPSA) is 44.1 Å². The summed E-state index contributed by atoms with van der Waals surface area (Å²) in [6.45, 7) is 0.523. The number of carbonyl (C=O) groups excluding carboxylic acids is 1. The van der Waals surface area contributed by atoms with Crippen LogP contribution in [0.5, 0.6) is 0 Å². The highest BCUT2D eigenvalue weighted by atomic mass is 16.5. The van der Waals surface area contributed by atoms with Crippen molar-refractivity contribution < 1.29 is 9.53 Å². The number of aldehydes is 1. The Balaban J connectivity index is 2.23. The SMILES string of the molecule is COCc1cc(CCCC=O)nn1-c1ccccc1. The fourth-order valence-electron chi connectivity index (χ4n) is 2.01. The Morgan fingerprint density at radius 3 is 2.79 bits per heavy atom. The third-order valence-corrected chi connectivity index (χ3v) is 2.88. The number of carbonyl (C=O) groups is 1. The molecular weight excluding hydrogens is 240 g/mol. The van der Waals surface area contributed by atoms with Gasteiger partial charge in [0, 0.05) is 13.5 Å². The number of methoxy groups -OCH3 is 1. The minimum absolute atomic E-state index is 0.523. The second-order valence-corrected chi connectivity index (χ2v) is 4.37. The van der Waals surface area contributed by atoms with Gasteiger partial charge >= 0.3 is 0 Å². The Hall–Kier alpha value is -1.94. The van der Waals surface area contributed by atoms with Crippen LogP contribution in [0, 0.1) is 0 Å². The van der Waals surface area contributed by atoms with E-state index in [1.165, 1.54) is 0 Å². The monoisotopic (exact) mass is 258 g/mol. The van der Waals surface area contributed by atoms with Crippen molar-refractivity contribution >= 4 is 6.29 Å². The summed E-state index contributed by atoms with van der Waals surface area (Å²) in [5, 5.41) is 4.59. The molecule has 1 heterocycles. The van der Waals surface area contributed by atoms with Gasteiger partial charge in [-0.1, -0.05) is 18.2 Å². The van der Waals surface area contributed by atoms with E-state index in [2.05, 4.69) is 5.10 Å². The number of aryl methyl sites for hydroxylation is 1. The van der Waals surface area contributed by atoms with E-state index in [4.69, 9.17) is 4.74 Å². The molecule has 0 fully saturated rings. The van der Waals surface area contributed by atoms with E-state index >= 15 is 0 Å². The van der Waals surface area contributed by atoms with Crippen LogP contribution in [0.2, 0.25) is 0 Å². The molecule has 0 saturated heterocycles. The summed E-state index contributed by atoms with van der Waals surface area (Å²) < 4.78 is 7.11. The van der Waals surface area contributed by atoms with Gasteiger partial charge in [0.05, 0.1) is 23.7 Å². The number of ether oxygens (including phenoxy) is 1. The molecule has 0 unspecified atom stereocenters. The number of hydrogen-bond donors (Lipinski definition) is 0. The second kappa shape index (κ2) is 6.85. The molecule has 0 bridgehead atoms. The zero-order valence-corrected chi connectivity index (χ0v) is 11.1. The predicted octanol–water partition coefficient (Wildman–Crippen LogP) is 2.54. The Kier molecular flexibility index (Phi) is 4.86. The fourth-order valence-corrected chi connectivity index (χ4v) is 2.01. The van der Waals surface area contributed by atoms with Crippen molar-refractivity contribution in [1.29, 1.82) is 0 Å². The van der Waals surface area contributed by atoms with Gasteiger partial charge < -0.3 is 9.53 Å². The summed E-state index contributed by atoms with van der Waals surface area (Å²) >= 11 is 0. The largest absolute Gasteiger partial charge is 0.378 e. The molecular formula is C15H18N2O2. The van der Waals surface area contributed by atoms with E-state index in [9.17, 15) is 4.79 Å². The first-order chi connectivity index (χ1) is 9.35. The summed E-state index contributed by atoms with van der Waals surface area (Å²) in [4.78, 5) is 10.3. The Morgan fingerprint density at radius 1 is 1.32 bits per heavy atom. The summed E-state index contributed by atoms with van der Waals surface area (Å²) in [7, 11) is 1.67. The lowest BCUT2D eigenvalue weighted by atomic mass is 10.2. The highest BCUT2D eigenvalue weighted by Gasteiger charge is 2.09. The minimum atomic E-state index is 0.523. The number of unbranched alkanes of at least 4 members (excludes halogenated alkanes) is 1. The van der Waals surface area contributed by atoms with E-state index < -0.39 is 0 Å². The van der Waals surface area contributed by atoms with Crippen LogP contribution in [0.3, 0.4) is 0 Å². The molecule has 4 heteroatoms. The molecule has 0 aliphatic carbocycles. The van der Waals surface area contributed by atoms with Crippen LogP contribution in [-0.2, 0) is 22.6 Å². The molecule has 0 N–H and O–H groups in total. The van der Waals surface area contributed by atoms with Crippen LogP contribution in [0.1, 0.15) is 24.2 Å². The molecule has 2 rings (SSSR count). The third kappa shape index (κ3) is 3.51. The Bertz CT molecular complexity index is 520. The van der Waals surface area contributed by atoms with Crippen molar-refractivity contribution in [2.75, 3.05) is 7.11 Å². The maximum absolute atomic E-state index is 10.3. The summed E-state index contributed by atoms with van der Waals surface area (Å²) in [6.07, 6.45) is 3.18. The van der Waals surface area contributed by atoms with Gasteiger partial charge in [0.1, 0.15) is 6.29 Å². The minimum Gasteiger partial charge on any atom is -0.378 e. The summed E-state index contributed by atoms with van der Waals surface area (Å²) in [5.74, 6) is 0. The third-order valence-electron chi connectivity index (χ3n) is 2.88. The van der Waals surface area contributed by atoms with Crippen molar-refractivity contribution in [2.24, 2.45) is 0 Å². The molecule has 1 aromatic carbocycles. The van der Waals surface area contributed by atoms with Crippen molar-refractivity contribution in [2.45, 2.75) is 25.9 Å². The molecule has 0 spiro atoms. The normalized spacial score (nSPS) is 10.6. The lowest BCUT2D eigenvalue weighted by molar-refractivity contribution is -0.107. The Labute approximate surface area is 113 Å². The van der Waals surface area contributed by atoms with Crippen LogP contribution in [0.4, 0.5) is 0 Å². The lowest BCUT2D eigenvalue weighted by Gasteiger charge is -2.05. The lowest BCUT2D eigenvalue weighted by Crippen LogP contribution is -2.03. The molecule has 4 nitrogen and oxygen atoms in total. The van der Waals surface area contributed by atoms with Crippen molar-refractivity contribution in [3.8, 4) is 5.69 Å². The molecule has 100 valence electrons. The number of aromatic nitrogens is 2. The molecule has 0 aliphatic rings. The van der Waals surface area contributed by atoms with E-state index in [-0.39, 0.29) is 0 Å². The van der Waals surface area contributed by atoms with E-state index in [0.29, 0.717) is 13.0 Å². The van der Waals surface area contributed by atoms with Gasteiger partial charge in [0.15, 0.2) is 0 Å². The zero-order chi connectivity index (χ0) is 13.5. The number of benzene rings is 1. The van der Waals surface area contributed by atoms with E-state index in [1.807, 2.05) is 41.1 Å². The highest BCUT2D eigenvalue weighted by Crippen LogP contribution is 2.14. The number of nitrogens with zero attached hydrogens (tertiary/aromatic N) is 2. The average Bonchev–Trinajstić information content (AvgIpc) is 2.84. The number of para-hydroxylation sites is 1. The number of rotatable bonds is 7. The van der Waals surface area contributed by atoms with E-state index in [1.54, 1.807) is 7.11 Å². The molecule has 0 atom stereocenters. The van der Waals surface area contributed by atoms with Crippen LogP contribution in [0.15, 0.2) is 36.4 Å². The molecule has 2 aromatic rings. The van der Waals surface area contributed by atoms with Gasteiger partial charge in [-0.25, -0.2) is 4.68 Å². The zero-order valence-electron chi connectivity index (χ0n) is 11.1. The van der Waals surface area contributed by atoms with Gasteiger partial charge in [-0.3, -0.25) is 0 Å². The smallest absolute Gasteiger partial charge is 0.120 e. The first kappa shape index (κ1) is 13.5.